The summed E-state index contributed by atoms with van der Waals surface area (Å²) in [6, 6.07) is 16.3. The third-order valence-corrected chi connectivity index (χ3v) is 4.75. The fourth-order valence-corrected chi connectivity index (χ4v) is 3.59. The van der Waals surface area contributed by atoms with E-state index in [0.29, 0.717) is 22.8 Å². The molecule has 4 nitrogen and oxygen atoms in total. The van der Waals surface area contributed by atoms with Crippen LogP contribution in [-0.2, 0) is 9.59 Å². The lowest BCUT2D eigenvalue weighted by atomic mass is 10.1. The lowest BCUT2D eigenvalue weighted by Gasteiger charge is -2.14. The third-order valence-electron chi connectivity index (χ3n) is 3.80. The van der Waals surface area contributed by atoms with Gasteiger partial charge in [-0.05, 0) is 42.5 Å². The molecule has 1 aliphatic heterocycles. The summed E-state index contributed by atoms with van der Waals surface area (Å²) in [5, 5.41) is 0. The first-order valence-corrected chi connectivity index (χ1v) is 9.20. The van der Waals surface area contributed by atoms with Gasteiger partial charge in [-0.1, -0.05) is 37.3 Å². The number of carbonyl (C=O) groups is 2. The van der Waals surface area contributed by atoms with E-state index in [1.165, 1.54) is 16.7 Å². The van der Waals surface area contributed by atoms with E-state index in [0.717, 1.165) is 17.1 Å². The predicted octanol–water partition coefficient (Wildman–Crippen LogP) is 4.12. The van der Waals surface area contributed by atoms with Gasteiger partial charge in [0.1, 0.15) is 5.75 Å². The molecule has 128 valence electrons. The van der Waals surface area contributed by atoms with Crippen molar-refractivity contribution < 1.29 is 14.3 Å². The molecule has 1 aliphatic rings. The first-order chi connectivity index (χ1) is 12.2. The number of thioether (sulfide) groups is 1. The molecule has 0 saturated heterocycles. The summed E-state index contributed by atoms with van der Waals surface area (Å²) in [4.78, 5) is 27.6. The second kappa shape index (κ2) is 7.57. The SMILES string of the molecule is CCOc1ccc(C2=C(SCC)C(=O)N(c3ccccc3)C2=O)cc1. The first-order valence-electron chi connectivity index (χ1n) is 8.21. The minimum Gasteiger partial charge on any atom is -0.494 e. The zero-order valence-corrected chi connectivity index (χ0v) is 15.0. The molecule has 2 aromatic rings. The lowest BCUT2D eigenvalue weighted by molar-refractivity contribution is -0.119. The zero-order valence-electron chi connectivity index (χ0n) is 14.2. The van der Waals surface area contributed by atoms with Crippen molar-refractivity contribution in [2.45, 2.75) is 13.8 Å². The van der Waals surface area contributed by atoms with Crippen LogP contribution in [0.15, 0.2) is 59.5 Å². The summed E-state index contributed by atoms with van der Waals surface area (Å²) in [5.41, 5.74) is 1.78. The van der Waals surface area contributed by atoms with Gasteiger partial charge in [0.15, 0.2) is 0 Å². The lowest BCUT2D eigenvalue weighted by Crippen LogP contribution is -2.31. The molecule has 25 heavy (non-hydrogen) atoms. The van der Waals surface area contributed by atoms with Crippen LogP contribution in [0.4, 0.5) is 5.69 Å². The first kappa shape index (κ1) is 17.3. The summed E-state index contributed by atoms with van der Waals surface area (Å²) in [5.74, 6) is 0.925. The quantitative estimate of drug-likeness (QED) is 0.733. The molecule has 0 atom stereocenters. The number of benzene rings is 2. The second-order valence-corrected chi connectivity index (χ2v) is 6.65. The highest BCUT2D eigenvalue weighted by atomic mass is 32.2. The molecule has 2 amide bonds. The summed E-state index contributed by atoms with van der Waals surface area (Å²) in [6.07, 6.45) is 0. The van der Waals surface area contributed by atoms with Gasteiger partial charge in [0.05, 0.1) is 22.8 Å². The standard InChI is InChI=1S/C20H19NO3S/c1-3-24-16-12-10-14(11-13-16)17-18(25-4-2)20(23)21(19(17)22)15-8-6-5-7-9-15/h5-13H,3-4H2,1-2H3. The average Bonchev–Trinajstić information content (AvgIpc) is 2.87. The van der Waals surface area contributed by atoms with Gasteiger partial charge >= 0.3 is 0 Å². The summed E-state index contributed by atoms with van der Waals surface area (Å²) < 4.78 is 5.45. The molecular weight excluding hydrogens is 334 g/mol. The summed E-state index contributed by atoms with van der Waals surface area (Å²) in [6.45, 7) is 4.47. The molecule has 2 aromatic carbocycles. The zero-order chi connectivity index (χ0) is 17.8. The Balaban J connectivity index is 2.02. The highest BCUT2D eigenvalue weighted by Crippen LogP contribution is 2.38. The second-order valence-electron chi connectivity index (χ2n) is 5.38. The minimum atomic E-state index is -0.281. The summed E-state index contributed by atoms with van der Waals surface area (Å²) >= 11 is 1.40. The van der Waals surface area contributed by atoms with E-state index in [1.807, 2.05) is 56.3 Å². The van der Waals surface area contributed by atoms with E-state index in [2.05, 4.69) is 0 Å². The van der Waals surface area contributed by atoms with Crippen molar-refractivity contribution >= 4 is 34.8 Å². The smallest absolute Gasteiger partial charge is 0.272 e. The monoisotopic (exact) mass is 353 g/mol. The maximum Gasteiger partial charge on any atom is 0.272 e. The molecular formula is C20H19NO3S. The predicted molar refractivity (Wildman–Crippen MR) is 102 cm³/mol. The fraction of sp³-hybridized carbons (Fsp3) is 0.200. The third kappa shape index (κ3) is 3.33. The van der Waals surface area contributed by atoms with Crippen molar-refractivity contribution in [3.63, 3.8) is 0 Å². The number of amides is 2. The number of hydrogen-bond acceptors (Lipinski definition) is 4. The Kier molecular flexibility index (Phi) is 5.24. The van der Waals surface area contributed by atoms with E-state index >= 15 is 0 Å². The van der Waals surface area contributed by atoms with E-state index in [-0.39, 0.29) is 11.8 Å². The Morgan fingerprint density at radius 2 is 1.60 bits per heavy atom. The van der Waals surface area contributed by atoms with E-state index in [9.17, 15) is 9.59 Å². The van der Waals surface area contributed by atoms with Crippen LogP contribution in [0.3, 0.4) is 0 Å². The van der Waals surface area contributed by atoms with Crippen molar-refractivity contribution in [3.05, 3.63) is 65.1 Å². The number of para-hydroxylation sites is 1. The number of rotatable bonds is 6. The Labute approximate surface area is 151 Å². The Bertz CT molecular complexity index is 813. The van der Waals surface area contributed by atoms with Crippen LogP contribution >= 0.6 is 11.8 Å². The molecule has 0 bridgehead atoms. The van der Waals surface area contributed by atoms with Crippen molar-refractivity contribution in [3.8, 4) is 5.75 Å². The van der Waals surface area contributed by atoms with Crippen LogP contribution in [0.25, 0.3) is 5.57 Å². The number of hydrogen-bond donors (Lipinski definition) is 0. The Hall–Kier alpha value is -2.53. The van der Waals surface area contributed by atoms with Crippen LogP contribution in [0, 0.1) is 0 Å². The minimum absolute atomic E-state index is 0.257. The molecule has 0 aromatic heterocycles. The number of nitrogens with zero attached hydrogens (tertiary/aromatic N) is 1. The van der Waals surface area contributed by atoms with Crippen molar-refractivity contribution in [1.29, 1.82) is 0 Å². The van der Waals surface area contributed by atoms with Crippen molar-refractivity contribution in [2.24, 2.45) is 0 Å². The molecule has 0 fully saturated rings. The number of ether oxygens (including phenoxy) is 1. The molecule has 0 unspecified atom stereocenters. The highest BCUT2D eigenvalue weighted by molar-refractivity contribution is 8.04. The fourth-order valence-electron chi connectivity index (χ4n) is 2.74. The van der Waals surface area contributed by atoms with Gasteiger partial charge in [-0.2, -0.15) is 0 Å². The van der Waals surface area contributed by atoms with Gasteiger partial charge in [0.25, 0.3) is 11.8 Å². The van der Waals surface area contributed by atoms with Crippen LogP contribution in [0.5, 0.6) is 5.75 Å². The van der Waals surface area contributed by atoms with Crippen LogP contribution in [-0.4, -0.2) is 24.2 Å². The summed E-state index contributed by atoms with van der Waals surface area (Å²) in [7, 11) is 0. The molecule has 3 rings (SSSR count). The van der Waals surface area contributed by atoms with Gasteiger partial charge < -0.3 is 4.74 Å². The Morgan fingerprint density at radius 1 is 0.920 bits per heavy atom. The highest BCUT2D eigenvalue weighted by Gasteiger charge is 2.39. The molecule has 0 spiro atoms. The van der Waals surface area contributed by atoms with Gasteiger partial charge in [0, 0.05) is 0 Å². The van der Waals surface area contributed by atoms with Gasteiger partial charge in [-0.25, -0.2) is 4.90 Å². The van der Waals surface area contributed by atoms with E-state index < -0.39 is 0 Å². The number of anilines is 1. The molecule has 0 radical (unpaired) electrons. The van der Waals surface area contributed by atoms with Gasteiger partial charge in [-0.3, -0.25) is 9.59 Å². The number of imide groups is 1. The largest absolute Gasteiger partial charge is 0.494 e. The molecule has 5 heteroatoms. The van der Waals surface area contributed by atoms with E-state index in [4.69, 9.17) is 4.74 Å². The van der Waals surface area contributed by atoms with Gasteiger partial charge in [0.2, 0.25) is 0 Å². The maximum atomic E-state index is 13.0. The molecule has 1 heterocycles. The normalized spacial score (nSPS) is 14.4. The Morgan fingerprint density at radius 3 is 2.20 bits per heavy atom. The van der Waals surface area contributed by atoms with Crippen LogP contribution in [0.2, 0.25) is 0 Å². The topological polar surface area (TPSA) is 46.6 Å². The molecule has 0 N–H and O–H groups in total. The van der Waals surface area contributed by atoms with Gasteiger partial charge in [-0.15, -0.1) is 11.8 Å². The van der Waals surface area contributed by atoms with Crippen LogP contribution < -0.4 is 9.64 Å². The molecule has 0 aliphatic carbocycles. The van der Waals surface area contributed by atoms with Crippen molar-refractivity contribution in [1.82, 2.24) is 0 Å². The average molecular weight is 353 g/mol. The van der Waals surface area contributed by atoms with Crippen LogP contribution in [0.1, 0.15) is 19.4 Å². The van der Waals surface area contributed by atoms with E-state index in [1.54, 1.807) is 12.1 Å². The maximum absolute atomic E-state index is 13.0. The molecule has 0 saturated carbocycles. The number of carbonyl (C=O) groups excluding carboxylic acids is 2. The van der Waals surface area contributed by atoms with Crippen molar-refractivity contribution in [2.75, 3.05) is 17.3 Å².